The second kappa shape index (κ2) is 6.46. The summed E-state index contributed by atoms with van der Waals surface area (Å²) in [7, 11) is 1.83. The molecule has 1 aliphatic rings. The molecule has 0 aromatic carbocycles. The number of hydrazine groups is 1. The highest BCUT2D eigenvalue weighted by Gasteiger charge is 2.38. The molecular weight excluding hydrogens is 188 g/mol. The van der Waals surface area contributed by atoms with E-state index in [9.17, 15) is 0 Å². The summed E-state index contributed by atoms with van der Waals surface area (Å²) in [5.74, 6) is 5.68. The van der Waals surface area contributed by atoms with Crippen LogP contribution in [0, 0.1) is 0 Å². The van der Waals surface area contributed by atoms with Crippen molar-refractivity contribution in [1.29, 1.82) is 0 Å². The maximum Gasteiger partial charge on any atom is 0.0844 e. The Kier molecular flexibility index (Phi) is 5.58. The summed E-state index contributed by atoms with van der Waals surface area (Å²) in [6.45, 7) is 2.22. The predicted octanol–water partition coefficient (Wildman–Crippen LogP) is 2.36. The van der Waals surface area contributed by atoms with Crippen molar-refractivity contribution in [2.45, 2.75) is 69.9 Å². The van der Waals surface area contributed by atoms with Crippen LogP contribution in [0.3, 0.4) is 0 Å². The van der Waals surface area contributed by atoms with Crippen molar-refractivity contribution in [1.82, 2.24) is 5.43 Å². The van der Waals surface area contributed by atoms with E-state index < -0.39 is 0 Å². The van der Waals surface area contributed by atoms with Gasteiger partial charge in [0.25, 0.3) is 0 Å². The summed E-state index contributed by atoms with van der Waals surface area (Å²) in [6.07, 6.45) is 9.77. The Balaban J connectivity index is 2.58. The number of rotatable bonds is 6. The maximum absolute atomic E-state index is 5.79. The minimum absolute atomic E-state index is 0.00215. The Morgan fingerprint density at radius 2 is 2.00 bits per heavy atom. The molecule has 0 aliphatic heterocycles. The monoisotopic (exact) mass is 214 g/mol. The molecule has 1 aliphatic carbocycles. The minimum atomic E-state index is 0.00215. The zero-order valence-corrected chi connectivity index (χ0v) is 10.2. The van der Waals surface area contributed by atoms with Crippen LogP contribution in [-0.4, -0.2) is 18.8 Å². The molecule has 15 heavy (non-hydrogen) atoms. The van der Waals surface area contributed by atoms with Gasteiger partial charge in [-0.15, -0.1) is 0 Å². The van der Waals surface area contributed by atoms with Crippen molar-refractivity contribution in [3.05, 3.63) is 0 Å². The fourth-order valence-corrected chi connectivity index (χ4v) is 2.75. The minimum Gasteiger partial charge on any atom is -0.377 e. The quantitative estimate of drug-likeness (QED) is 0.527. The largest absolute Gasteiger partial charge is 0.377 e. The number of nitrogens with two attached hydrogens (primary N) is 1. The third kappa shape index (κ3) is 3.16. The van der Waals surface area contributed by atoms with Gasteiger partial charge in [0.1, 0.15) is 0 Å². The zero-order valence-electron chi connectivity index (χ0n) is 10.2. The van der Waals surface area contributed by atoms with Crippen molar-refractivity contribution in [2.75, 3.05) is 7.11 Å². The van der Waals surface area contributed by atoms with Crippen LogP contribution in [0.5, 0.6) is 0 Å². The lowest BCUT2D eigenvalue weighted by atomic mass is 9.77. The first-order valence-electron chi connectivity index (χ1n) is 6.30. The summed E-state index contributed by atoms with van der Waals surface area (Å²) in [6, 6.07) is 0.322. The van der Waals surface area contributed by atoms with Crippen LogP contribution in [0.4, 0.5) is 0 Å². The van der Waals surface area contributed by atoms with Gasteiger partial charge < -0.3 is 4.74 Å². The first-order chi connectivity index (χ1) is 7.29. The van der Waals surface area contributed by atoms with Gasteiger partial charge in [-0.2, -0.15) is 0 Å². The van der Waals surface area contributed by atoms with E-state index in [1.54, 1.807) is 0 Å². The number of hydrogen-bond donors (Lipinski definition) is 2. The van der Waals surface area contributed by atoms with Gasteiger partial charge >= 0.3 is 0 Å². The van der Waals surface area contributed by atoms with E-state index in [0.717, 1.165) is 19.3 Å². The molecule has 0 heterocycles. The summed E-state index contributed by atoms with van der Waals surface area (Å²) < 4.78 is 5.79. The fraction of sp³-hybridized carbons (Fsp3) is 1.00. The van der Waals surface area contributed by atoms with Gasteiger partial charge in [-0.25, -0.2) is 0 Å². The van der Waals surface area contributed by atoms with Gasteiger partial charge in [-0.1, -0.05) is 39.0 Å². The van der Waals surface area contributed by atoms with Crippen molar-refractivity contribution >= 4 is 0 Å². The molecule has 1 fully saturated rings. The smallest absolute Gasteiger partial charge is 0.0844 e. The summed E-state index contributed by atoms with van der Waals surface area (Å²) >= 11 is 0. The normalized spacial score (nSPS) is 22.6. The highest BCUT2D eigenvalue weighted by molar-refractivity contribution is 4.94. The van der Waals surface area contributed by atoms with Gasteiger partial charge in [0.2, 0.25) is 0 Å². The molecule has 1 unspecified atom stereocenters. The molecule has 0 aromatic rings. The standard InChI is InChI=1S/C12H26N2O/c1-3-4-8-11(14-13)12(15-2)9-6-5-7-10-12/h11,14H,3-10,13H2,1-2H3. The van der Waals surface area contributed by atoms with Gasteiger partial charge in [-0.3, -0.25) is 11.3 Å². The lowest BCUT2D eigenvalue weighted by Crippen LogP contribution is -2.55. The van der Waals surface area contributed by atoms with E-state index >= 15 is 0 Å². The van der Waals surface area contributed by atoms with Gasteiger partial charge in [0.05, 0.1) is 11.6 Å². The van der Waals surface area contributed by atoms with Crippen LogP contribution < -0.4 is 11.3 Å². The molecule has 1 saturated carbocycles. The van der Waals surface area contributed by atoms with E-state index in [0.29, 0.717) is 6.04 Å². The van der Waals surface area contributed by atoms with Gasteiger partial charge in [-0.05, 0) is 19.3 Å². The molecule has 3 heteroatoms. The van der Waals surface area contributed by atoms with E-state index in [1.165, 1.54) is 32.1 Å². The summed E-state index contributed by atoms with van der Waals surface area (Å²) in [5.41, 5.74) is 2.98. The molecule has 0 radical (unpaired) electrons. The Labute approximate surface area is 93.7 Å². The van der Waals surface area contributed by atoms with Crippen LogP contribution in [0.15, 0.2) is 0 Å². The van der Waals surface area contributed by atoms with Crippen LogP contribution in [0.1, 0.15) is 58.3 Å². The van der Waals surface area contributed by atoms with Crippen LogP contribution in [0.2, 0.25) is 0 Å². The Bertz CT molecular complexity index is 167. The van der Waals surface area contributed by atoms with Gasteiger partial charge in [0.15, 0.2) is 0 Å². The molecule has 0 spiro atoms. The highest BCUT2D eigenvalue weighted by atomic mass is 16.5. The molecule has 0 amide bonds. The number of hydrogen-bond acceptors (Lipinski definition) is 3. The molecule has 1 rings (SSSR count). The average Bonchev–Trinajstić information content (AvgIpc) is 2.31. The predicted molar refractivity (Wildman–Crippen MR) is 63.5 cm³/mol. The molecule has 0 aromatic heterocycles. The van der Waals surface area contributed by atoms with E-state index in [-0.39, 0.29) is 5.60 Å². The third-order valence-electron chi connectivity index (χ3n) is 3.79. The SMILES string of the molecule is CCCCC(NN)C1(OC)CCCCC1. The van der Waals surface area contributed by atoms with E-state index in [1.807, 2.05) is 7.11 Å². The molecule has 3 nitrogen and oxygen atoms in total. The highest BCUT2D eigenvalue weighted by Crippen LogP contribution is 2.35. The Morgan fingerprint density at radius 3 is 2.47 bits per heavy atom. The number of nitrogens with one attached hydrogen (secondary N) is 1. The molecule has 0 bridgehead atoms. The van der Waals surface area contributed by atoms with Gasteiger partial charge in [0, 0.05) is 7.11 Å². The fourth-order valence-electron chi connectivity index (χ4n) is 2.75. The number of unbranched alkanes of at least 4 members (excludes halogenated alkanes) is 1. The number of methoxy groups -OCH3 is 1. The number of ether oxygens (including phenoxy) is 1. The topological polar surface area (TPSA) is 47.3 Å². The maximum atomic E-state index is 5.79. The van der Waals surface area contributed by atoms with Crippen LogP contribution >= 0.6 is 0 Å². The first kappa shape index (κ1) is 12.9. The molecule has 90 valence electrons. The second-order valence-corrected chi connectivity index (χ2v) is 4.69. The Hall–Kier alpha value is -0.120. The van der Waals surface area contributed by atoms with Crippen molar-refractivity contribution < 1.29 is 4.74 Å². The van der Waals surface area contributed by atoms with Crippen molar-refractivity contribution in [3.63, 3.8) is 0 Å². The first-order valence-corrected chi connectivity index (χ1v) is 6.30. The molecule has 1 atom stereocenters. The zero-order chi connectivity index (χ0) is 11.1. The van der Waals surface area contributed by atoms with E-state index in [2.05, 4.69) is 12.3 Å². The lowest BCUT2D eigenvalue weighted by molar-refractivity contribution is -0.0697. The third-order valence-corrected chi connectivity index (χ3v) is 3.79. The Morgan fingerprint density at radius 1 is 1.33 bits per heavy atom. The molecule has 0 saturated heterocycles. The molecular formula is C12H26N2O. The van der Waals surface area contributed by atoms with Crippen molar-refractivity contribution in [2.24, 2.45) is 5.84 Å². The summed E-state index contributed by atoms with van der Waals surface area (Å²) in [4.78, 5) is 0. The van der Waals surface area contributed by atoms with Crippen LogP contribution in [-0.2, 0) is 4.74 Å². The summed E-state index contributed by atoms with van der Waals surface area (Å²) in [5, 5.41) is 0. The molecule has 3 N–H and O–H groups in total. The van der Waals surface area contributed by atoms with Crippen LogP contribution in [0.25, 0.3) is 0 Å². The average molecular weight is 214 g/mol. The van der Waals surface area contributed by atoms with E-state index in [4.69, 9.17) is 10.6 Å². The van der Waals surface area contributed by atoms with Crippen molar-refractivity contribution in [3.8, 4) is 0 Å². The second-order valence-electron chi connectivity index (χ2n) is 4.69. The lowest BCUT2D eigenvalue weighted by Gasteiger charge is -2.42.